The topological polar surface area (TPSA) is 41.1 Å². The van der Waals surface area contributed by atoms with Gasteiger partial charge in [0.15, 0.2) is 0 Å². The zero-order valence-electron chi connectivity index (χ0n) is 13.0. The van der Waals surface area contributed by atoms with E-state index in [9.17, 15) is 4.79 Å². The molecule has 0 saturated carbocycles. The highest BCUT2D eigenvalue weighted by molar-refractivity contribution is 5.96. The van der Waals surface area contributed by atoms with Crippen LogP contribution in [0.25, 0.3) is 0 Å². The molecule has 21 heavy (non-hydrogen) atoms. The molecular formula is C18H22N2O. The van der Waals surface area contributed by atoms with E-state index in [4.69, 9.17) is 0 Å². The lowest BCUT2D eigenvalue weighted by Crippen LogP contribution is -2.32. The molecule has 0 aromatic heterocycles. The number of hydrogen-bond acceptors (Lipinski definition) is 2. The average Bonchev–Trinajstić information content (AvgIpc) is 2.43. The molecule has 2 N–H and O–H groups in total. The van der Waals surface area contributed by atoms with Crippen molar-refractivity contribution in [2.24, 2.45) is 0 Å². The molecule has 0 heterocycles. The fraction of sp³-hybridized carbons (Fsp3) is 0.278. The number of anilines is 2. The predicted octanol–water partition coefficient (Wildman–Crippen LogP) is 4.05. The van der Waals surface area contributed by atoms with Gasteiger partial charge in [0.05, 0.1) is 0 Å². The molecule has 2 rings (SSSR count). The van der Waals surface area contributed by atoms with E-state index < -0.39 is 0 Å². The number of carbonyl (C=O) groups excluding carboxylic acids is 1. The van der Waals surface area contributed by atoms with Crippen LogP contribution in [0.1, 0.15) is 23.6 Å². The van der Waals surface area contributed by atoms with Gasteiger partial charge >= 0.3 is 0 Å². The first-order valence-corrected chi connectivity index (χ1v) is 7.17. The normalized spacial score (nSPS) is 11.8. The first-order chi connectivity index (χ1) is 9.95. The summed E-state index contributed by atoms with van der Waals surface area (Å²) >= 11 is 0. The lowest BCUT2D eigenvalue weighted by molar-refractivity contribution is -0.116. The van der Waals surface area contributed by atoms with Gasteiger partial charge in [0, 0.05) is 11.4 Å². The molecule has 0 radical (unpaired) electrons. The van der Waals surface area contributed by atoms with Crippen LogP contribution in [0.3, 0.4) is 0 Å². The van der Waals surface area contributed by atoms with E-state index in [0.717, 1.165) is 22.5 Å². The molecule has 1 atom stereocenters. The number of aryl methyl sites for hydroxylation is 3. The zero-order valence-corrected chi connectivity index (χ0v) is 13.0. The van der Waals surface area contributed by atoms with Gasteiger partial charge in [0.1, 0.15) is 6.04 Å². The highest BCUT2D eigenvalue weighted by Crippen LogP contribution is 2.18. The van der Waals surface area contributed by atoms with Crippen LogP contribution in [0.4, 0.5) is 11.4 Å². The van der Waals surface area contributed by atoms with E-state index in [2.05, 4.69) is 28.8 Å². The smallest absolute Gasteiger partial charge is 0.246 e. The molecule has 0 aliphatic rings. The molecule has 3 nitrogen and oxygen atoms in total. The molecule has 3 heteroatoms. The van der Waals surface area contributed by atoms with Crippen LogP contribution in [0.5, 0.6) is 0 Å². The Kier molecular flexibility index (Phi) is 4.63. The van der Waals surface area contributed by atoms with E-state index in [1.165, 1.54) is 5.56 Å². The van der Waals surface area contributed by atoms with Crippen molar-refractivity contribution >= 4 is 17.3 Å². The van der Waals surface area contributed by atoms with Gasteiger partial charge in [-0.2, -0.15) is 0 Å². The number of carbonyl (C=O) groups is 1. The van der Waals surface area contributed by atoms with E-state index in [0.29, 0.717) is 0 Å². The maximum atomic E-state index is 12.3. The molecule has 0 aliphatic carbocycles. The molecule has 110 valence electrons. The van der Waals surface area contributed by atoms with E-state index >= 15 is 0 Å². The maximum Gasteiger partial charge on any atom is 0.246 e. The number of nitrogens with one attached hydrogen (secondary N) is 2. The van der Waals surface area contributed by atoms with Gasteiger partial charge in [-0.3, -0.25) is 4.79 Å². The monoisotopic (exact) mass is 282 g/mol. The van der Waals surface area contributed by atoms with Gasteiger partial charge in [-0.05, 0) is 62.6 Å². The largest absolute Gasteiger partial charge is 0.374 e. The van der Waals surface area contributed by atoms with Crippen molar-refractivity contribution in [1.29, 1.82) is 0 Å². The van der Waals surface area contributed by atoms with Gasteiger partial charge in [-0.1, -0.05) is 24.3 Å². The molecule has 0 aliphatic heterocycles. The Morgan fingerprint density at radius 1 is 1.00 bits per heavy atom. The van der Waals surface area contributed by atoms with Crippen LogP contribution < -0.4 is 10.6 Å². The summed E-state index contributed by atoms with van der Waals surface area (Å²) in [6.45, 7) is 7.95. The maximum absolute atomic E-state index is 12.3. The van der Waals surface area contributed by atoms with Gasteiger partial charge < -0.3 is 10.6 Å². The van der Waals surface area contributed by atoms with Crippen molar-refractivity contribution in [3.63, 3.8) is 0 Å². The zero-order chi connectivity index (χ0) is 15.4. The molecule has 0 fully saturated rings. The number of hydrogen-bond donors (Lipinski definition) is 2. The fourth-order valence-corrected chi connectivity index (χ4v) is 2.16. The minimum Gasteiger partial charge on any atom is -0.374 e. The van der Waals surface area contributed by atoms with Gasteiger partial charge in [-0.25, -0.2) is 0 Å². The summed E-state index contributed by atoms with van der Waals surface area (Å²) in [5.74, 6) is -0.0403. The third kappa shape index (κ3) is 4.09. The Labute approximate surface area is 126 Å². The molecule has 0 bridgehead atoms. The van der Waals surface area contributed by atoms with Gasteiger partial charge in [-0.15, -0.1) is 0 Å². The van der Waals surface area contributed by atoms with Gasteiger partial charge in [0.25, 0.3) is 0 Å². The molecule has 0 unspecified atom stereocenters. The van der Waals surface area contributed by atoms with Crippen LogP contribution >= 0.6 is 0 Å². The first kappa shape index (κ1) is 15.1. The standard InChI is InChI=1S/C18H22N2O/c1-12-6-5-7-16(10-12)20-18(21)15(4)19-17-11-13(2)8-9-14(17)3/h5-11,15,19H,1-4H3,(H,20,21)/t15-/m1/s1. The van der Waals surface area contributed by atoms with Gasteiger partial charge in [0.2, 0.25) is 5.91 Å². The first-order valence-electron chi connectivity index (χ1n) is 7.17. The number of benzene rings is 2. The van der Waals surface area contributed by atoms with Crippen molar-refractivity contribution < 1.29 is 4.79 Å². The van der Waals surface area contributed by atoms with E-state index in [1.807, 2.05) is 52.0 Å². The third-order valence-corrected chi connectivity index (χ3v) is 3.44. The third-order valence-electron chi connectivity index (χ3n) is 3.44. The molecule has 2 aromatic carbocycles. The SMILES string of the molecule is Cc1cccc(NC(=O)[C@@H](C)Nc2cc(C)ccc2C)c1. The summed E-state index contributed by atoms with van der Waals surface area (Å²) in [7, 11) is 0. The highest BCUT2D eigenvalue weighted by Gasteiger charge is 2.13. The van der Waals surface area contributed by atoms with Crippen LogP contribution in [0.2, 0.25) is 0 Å². The number of rotatable bonds is 4. The van der Waals surface area contributed by atoms with Crippen molar-refractivity contribution in [1.82, 2.24) is 0 Å². The van der Waals surface area contributed by atoms with Crippen molar-refractivity contribution in [2.75, 3.05) is 10.6 Å². The summed E-state index contributed by atoms with van der Waals surface area (Å²) in [6.07, 6.45) is 0. The Morgan fingerprint density at radius 2 is 1.71 bits per heavy atom. The quantitative estimate of drug-likeness (QED) is 0.888. The van der Waals surface area contributed by atoms with Crippen LogP contribution in [0, 0.1) is 20.8 Å². The molecule has 0 spiro atoms. The lowest BCUT2D eigenvalue weighted by atomic mass is 10.1. The Hall–Kier alpha value is -2.29. The average molecular weight is 282 g/mol. The van der Waals surface area contributed by atoms with Crippen LogP contribution in [-0.4, -0.2) is 11.9 Å². The Bertz CT molecular complexity index is 649. The summed E-state index contributed by atoms with van der Waals surface area (Å²) in [5.41, 5.74) is 5.27. The summed E-state index contributed by atoms with van der Waals surface area (Å²) < 4.78 is 0. The Morgan fingerprint density at radius 3 is 2.43 bits per heavy atom. The van der Waals surface area contributed by atoms with E-state index in [-0.39, 0.29) is 11.9 Å². The molecular weight excluding hydrogens is 260 g/mol. The Balaban J connectivity index is 2.04. The minimum absolute atomic E-state index is 0.0403. The molecule has 1 amide bonds. The summed E-state index contributed by atoms with van der Waals surface area (Å²) in [4.78, 5) is 12.3. The van der Waals surface area contributed by atoms with E-state index in [1.54, 1.807) is 0 Å². The highest BCUT2D eigenvalue weighted by atomic mass is 16.2. The van der Waals surface area contributed by atoms with Crippen LogP contribution in [0.15, 0.2) is 42.5 Å². The number of amides is 1. The van der Waals surface area contributed by atoms with Crippen LogP contribution in [-0.2, 0) is 4.79 Å². The second-order valence-corrected chi connectivity index (χ2v) is 5.54. The second-order valence-electron chi connectivity index (χ2n) is 5.54. The van der Waals surface area contributed by atoms with Crippen molar-refractivity contribution in [3.8, 4) is 0 Å². The second kappa shape index (κ2) is 6.44. The summed E-state index contributed by atoms with van der Waals surface area (Å²) in [5, 5.41) is 6.21. The van der Waals surface area contributed by atoms with Crippen molar-refractivity contribution in [3.05, 3.63) is 59.2 Å². The predicted molar refractivity (Wildman–Crippen MR) is 88.8 cm³/mol. The summed E-state index contributed by atoms with van der Waals surface area (Å²) in [6, 6.07) is 13.7. The lowest BCUT2D eigenvalue weighted by Gasteiger charge is -2.17. The minimum atomic E-state index is -0.300. The van der Waals surface area contributed by atoms with Crippen molar-refractivity contribution in [2.45, 2.75) is 33.7 Å². The molecule has 0 saturated heterocycles. The molecule has 2 aromatic rings. The fourth-order valence-electron chi connectivity index (χ4n) is 2.16.